The molecule has 1 rings (SSSR count). The molecule has 0 aromatic heterocycles. The number of Topliss-reactive ketones (excluding diaryl/α,β-unsaturated/α-hetero) is 1. The van der Waals surface area contributed by atoms with Gasteiger partial charge in [0.05, 0.1) is 5.69 Å². The minimum Gasteiger partial charge on any atom is -0.300 e. The maximum atomic E-state index is 10.7. The van der Waals surface area contributed by atoms with Crippen LogP contribution in [0.15, 0.2) is 24.3 Å². The fraction of sp³-hybridized carbons (Fsp3) is 0.222. The van der Waals surface area contributed by atoms with Crippen LogP contribution in [0.1, 0.15) is 12.5 Å². The van der Waals surface area contributed by atoms with Crippen LogP contribution in [-0.4, -0.2) is 11.0 Å². The molecule has 3 heteroatoms. The summed E-state index contributed by atoms with van der Waals surface area (Å²) in [4.78, 5) is 10.7. The van der Waals surface area contributed by atoms with E-state index >= 15 is 0 Å². The molecule has 0 atom stereocenters. The molecule has 0 amide bonds. The van der Waals surface area contributed by atoms with E-state index in [2.05, 4.69) is 0 Å². The number of carbonyl (C=O) groups excluding carboxylic acids is 1. The highest BCUT2D eigenvalue weighted by atomic mass is 16.5. The smallest absolute Gasteiger partial charge is 0.134 e. The largest absolute Gasteiger partial charge is 0.300 e. The van der Waals surface area contributed by atoms with Gasteiger partial charge in [0.25, 0.3) is 0 Å². The Bertz CT molecular complexity index is 284. The highest BCUT2D eigenvalue weighted by Crippen LogP contribution is 2.09. The zero-order chi connectivity index (χ0) is 8.97. The van der Waals surface area contributed by atoms with Crippen LogP contribution in [0.4, 0.5) is 5.69 Å². The van der Waals surface area contributed by atoms with Crippen LogP contribution in [0.25, 0.3) is 0 Å². The van der Waals surface area contributed by atoms with Crippen molar-refractivity contribution < 1.29 is 10.0 Å². The van der Waals surface area contributed by atoms with E-state index in [0.717, 1.165) is 5.56 Å². The Morgan fingerprint density at radius 2 is 2.33 bits per heavy atom. The van der Waals surface area contributed by atoms with Crippen molar-refractivity contribution in [2.75, 3.05) is 5.48 Å². The van der Waals surface area contributed by atoms with Crippen LogP contribution in [0.3, 0.4) is 0 Å². The van der Waals surface area contributed by atoms with Crippen molar-refractivity contribution in [3.8, 4) is 0 Å². The molecule has 0 bridgehead atoms. The van der Waals surface area contributed by atoms with Gasteiger partial charge in [0.1, 0.15) is 5.78 Å². The minimum absolute atomic E-state index is 0.116. The first-order chi connectivity index (χ1) is 5.72. The zero-order valence-corrected chi connectivity index (χ0v) is 6.87. The van der Waals surface area contributed by atoms with Crippen molar-refractivity contribution in [3.05, 3.63) is 29.8 Å². The SMILES string of the molecule is CC(=O)Cc1cccc(NO)c1. The molecule has 0 heterocycles. The number of nitrogens with one attached hydrogen (secondary N) is 1. The Morgan fingerprint density at radius 3 is 2.92 bits per heavy atom. The summed E-state index contributed by atoms with van der Waals surface area (Å²) in [6.07, 6.45) is 0.412. The quantitative estimate of drug-likeness (QED) is 0.669. The molecule has 0 aliphatic rings. The Kier molecular flexibility index (Phi) is 2.82. The summed E-state index contributed by atoms with van der Waals surface area (Å²) in [6.45, 7) is 1.54. The van der Waals surface area contributed by atoms with Crippen LogP contribution < -0.4 is 5.48 Å². The van der Waals surface area contributed by atoms with Gasteiger partial charge in [-0.25, -0.2) is 0 Å². The van der Waals surface area contributed by atoms with Crippen LogP contribution in [0, 0.1) is 0 Å². The summed E-state index contributed by atoms with van der Waals surface area (Å²) in [5.74, 6) is 0.116. The molecule has 0 radical (unpaired) electrons. The molecular formula is C9H11NO2. The van der Waals surface area contributed by atoms with Gasteiger partial charge in [0.15, 0.2) is 0 Å². The first-order valence-electron chi connectivity index (χ1n) is 3.71. The highest BCUT2D eigenvalue weighted by Gasteiger charge is 1.97. The summed E-state index contributed by atoms with van der Waals surface area (Å²) < 4.78 is 0. The van der Waals surface area contributed by atoms with Gasteiger partial charge in [-0.2, -0.15) is 0 Å². The maximum absolute atomic E-state index is 10.7. The molecule has 0 aliphatic carbocycles. The van der Waals surface area contributed by atoms with E-state index in [4.69, 9.17) is 5.21 Å². The monoisotopic (exact) mass is 165 g/mol. The molecule has 1 aromatic rings. The average molecular weight is 165 g/mol. The first-order valence-corrected chi connectivity index (χ1v) is 3.71. The first kappa shape index (κ1) is 8.74. The van der Waals surface area contributed by atoms with Crippen molar-refractivity contribution in [1.82, 2.24) is 0 Å². The molecule has 0 saturated carbocycles. The van der Waals surface area contributed by atoms with E-state index < -0.39 is 0 Å². The fourth-order valence-electron chi connectivity index (χ4n) is 1.04. The average Bonchev–Trinajstić information content (AvgIpc) is 2.03. The van der Waals surface area contributed by atoms with Gasteiger partial charge in [-0.15, -0.1) is 0 Å². The number of ketones is 1. The van der Waals surface area contributed by atoms with Gasteiger partial charge in [-0.3, -0.25) is 15.5 Å². The molecule has 1 aromatic carbocycles. The van der Waals surface area contributed by atoms with Crippen LogP contribution >= 0.6 is 0 Å². The Labute approximate surface area is 71.0 Å². The normalized spacial score (nSPS) is 9.50. The minimum atomic E-state index is 0.116. The lowest BCUT2D eigenvalue weighted by Crippen LogP contribution is -1.97. The molecule has 0 fully saturated rings. The number of anilines is 1. The summed E-state index contributed by atoms with van der Waals surface area (Å²) in [6, 6.07) is 7.10. The van der Waals surface area contributed by atoms with Crippen LogP contribution in [-0.2, 0) is 11.2 Å². The Balaban J connectivity index is 2.79. The lowest BCUT2D eigenvalue weighted by atomic mass is 10.1. The predicted octanol–water partition coefficient (Wildman–Crippen LogP) is 1.62. The van der Waals surface area contributed by atoms with E-state index in [1.165, 1.54) is 0 Å². The van der Waals surface area contributed by atoms with Gasteiger partial charge in [0, 0.05) is 6.42 Å². The van der Waals surface area contributed by atoms with Gasteiger partial charge < -0.3 is 0 Å². The standard InChI is InChI=1S/C9H11NO2/c1-7(11)5-8-3-2-4-9(6-8)10-12/h2-4,6,10,12H,5H2,1H3. The second-order valence-electron chi connectivity index (χ2n) is 2.69. The molecule has 3 nitrogen and oxygen atoms in total. The van der Waals surface area contributed by atoms with Crippen LogP contribution in [0.2, 0.25) is 0 Å². The fourth-order valence-corrected chi connectivity index (χ4v) is 1.04. The summed E-state index contributed by atoms with van der Waals surface area (Å²) in [5, 5.41) is 8.56. The van der Waals surface area contributed by atoms with Crippen LogP contribution in [0.5, 0.6) is 0 Å². The van der Waals surface area contributed by atoms with Crippen molar-refractivity contribution >= 4 is 11.5 Å². The van der Waals surface area contributed by atoms with Gasteiger partial charge in [0.2, 0.25) is 0 Å². The second-order valence-corrected chi connectivity index (χ2v) is 2.69. The molecule has 0 aliphatic heterocycles. The van der Waals surface area contributed by atoms with Gasteiger partial charge >= 0.3 is 0 Å². The van der Waals surface area contributed by atoms with Crippen molar-refractivity contribution in [2.45, 2.75) is 13.3 Å². The van der Waals surface area contributed by atoms with E-state index in [1.807, 2.05) is 11.5 Å². The zero-order valence-electron chi connectivity index (χ0n) is 6.87. The van der Waals surface area contributed by atoms with E-state index in [0.29, 0.717) is 12.1 Å². The molecule has 0 spiro atoms. The second kappa shape index (κ2) is 3.88. The van der Waals surface area contributed by atoms with Crippen molar-refractivity contribution in [2.24, 2.45) is 0 Å². The van der Waals surface area contributed by atoms with E-state index in [-0.39, 0.29) is 5.78 Å². The summed E-state index contributed by atoms with van der Waals surface area (Å²) >= 11 is 0. The molecule has 0 saturated heterocycles. The third-order valence-corrected chi connectivity index (χ3v) is 1.51. The lowest BCUT2D eigenvalue weighted by molar-refractivity contribution is -0.116. The van der Waals surface area contributed by atoms with Gasteiger partial charge in [-0.05, 0) is 24.6 Å². The third-order valence-electron chi connectivity index (χ3n) is 1.51. The molecule has 2 N–H and O–H groups in total. The number of hydrogen-bond donors (Lipinski definition) is 2. The van der Waals surface area contributed by atoms with E-state index in [1.54, 1.807) is 25.1 Å². The van der Waals surface area contributed by atoms with Crippen molar-refractivity contribution in [1.29, 1.82) is 0 Å². The number of hydrogen-bond acceptors (Lipinski definition) is 3. The molecule has 64 valence electrons. The number of carbonyl (C=O) groups is 1. The molecule has 0 unspecified atom stereocenters. The Hall–Kier alpha value is -1.35. The maximum Gasteiger partial charge on any atom is 0.134 e. The molecular weight excluding hydrogens is 154 g/mol. The third kappa shape index (κ3) is 2.36. The highest BCUT2D eigenvalue weighted by molar-refractivity contribution is 5.78. The van der Waals surface area contributed by atoms with E-state index in [9.17, 15) is 4.79 Å². The predicted molar refractivity (Wildman–Crippen MR) is 46.2 cm³/mol. The Morgan fingerprint density at radius 1 is 1.58 bits per heavy atom. The van der Waals surface area contributed by atoms with Gasteiger partial charge in [-0.1, -0.05) is 12.1 Å². The number of rotatable bonds is 3. The van der Waals surface area contributed by atoms with Crippen molar-refractivity contribution in [3.63, 3.8) is 0 Å². The topological polar surface area (TPSA) is 49.3 Å². The molecule has 12 heavy (non-hydrogen) atoms. The number of benzene rings is 1. The summed E-state index contributed by atoms with van der Waals surface area (Å²) in [7, 11) is 0. The lowest BCUT2D eigenvalue weighted by Gasteiger charge is -2.01. The summed E-state index contributed by atoms with van der Waals surface area (Å²) in [5.41, 5.74) is 3.54.